The van der Waals surface area contributed by atoms with Gasteiger partial charge in [0.2, 0.25) is 0 Å². The van der Waals surface area contributed by atoms with Gasteiger partial charge in [-0.1, -0.05) is 105 Å². The maximum atomic E-state index is 9.39. The Hall–Kier alpha value is -6.94. The molecule has 0 aliphatic heterocycles. The fraction of sp³-hybridized carbons (Fsp3) is 0.0612. The van der Waals surface area contributed by atoms with Crippen LogP contribution in [0, 0.1) is 11.3 Å². The molecule has 0 atom stereocenters. The van der Waals surface area contributed by atoms with E-state index < -0.39 is 0 Å². The molecule has 7 aromatic carbocycles. The second-order valence-electron chi connectivity index (χ2n) is 14.7. The average molecular weight is 722 g/mol. The van der Waals surface area contributed by atoms with Crippen molar-refractivity contribution in [1.82, 2.24) is 19.5 Å². The molecule has 0 fully saturated rings. The summed E-state index contributed by atoms with van der Waals surface area (Å²) < 4.78 is 5.11. The van der Waals surface area contributed by atoms with Crippen molar-refractivity contribution in [2.24, 2.45) is 0 Å². The second-order valence-corrected chi connectivity index (χ2v) is 15.8. The smallest absolute Gasteiger partial charge is 0.164 e. The fourth-order valence-electron chi connectivity index (χ4n) is 8.76. The summed E-state index contributed by atoms with van der Waals surface area (Å²) in [6.07, 6.45) is 0. The lowest BCUT2D eigenvalue weighted by atomic mass is 9.80. The van der Waals surface area contributed by atoms with E-state index in [9.17, 15) is 5.26 Å². The van der Waals surface area contributed by atoms with Gasteiger partial charge in [0, 0.05) is 64.3 Å². The van der Waals surface area contributed by atoms with E-state index in [0.717, 1.165) is 22.4 Å². The van der Waals surface area contributed by atoms with E-state index in [1.54, 1.807) is 12.1 Å². The summed E-state index contributed by atoms with van der Waals surface area (Å²) in [5.41, 5.74) is 12.0. The van der Waals surface area contributed by atoms with Crippen LogP contribution in [0.15, 0.2) is 152 Å². The van der Waals surface area contributed by atoms with Crippen LogP contribution in [0.5, 0.6) is 0 Å². The minimum absolute atomic E-state index is 0.185. The standard InChI is InChI=1S/C49H31N5S/c1-49(2)37-17-9-6-14-34(37)41-43(49)40-35-15-7-10-18-38(35)54(44(40)42-36-16-8-11-19-39(36)55-45(41)42)33-26-24-32(25-27-33)48-52-46(30-12-4-3-5-13-30)51-47(53-48)31-22-20-29(28-50)21-23-31/h3-27H,1-2H3. The van der Waals surface area contributed by atoms with Gasteiger partial charge in [-0.3, -0.25) is 0 Å². The normalized spacial score (nSPS) is 13.0. The molecule has 0 saturated carbocycles. The lowest BCUT2D eigenvalue weighted by molar-refractivity contribution is 0.667. The zero-order valence-electron chi connectivity index (χ0n) is 30.1. The van der Waals surface area contributed by atoms with Gasteiger partial charge in [-0.25, -0.2) is 15.0 Å². The molecule has 0 bridgehead atoms. The third kappa shape index (κ3) is 4.60. The van der Waals surface area contributed by atoms with Crippen LogP contribution in [0.1, 0.15) is 30.5 Å². The molecule has 1 aliphatic carbocycles. The topological polar surface area (TPSA) is 67.4 Å². The Balaban J connectivity index is 1.16. The van der Waals surface area contributed by atoms with E-state index in [1.807, 2.05) is 53.8 Å². The van der Waals surface area contributed by atoms with Gasteiger partial charge in [-0.05, 0) is 77.4 Å². The average Bonchev–Trinajstić information content (AvgIpc) is 3.87. The van der Waals surface area contributed by atoms with Crippen LogP contribution in [0.2, 0.25) is 0 Å². The molecular weight excluding hydrogens is 691 g/mol. The minimum Gasteiger partial charge on any atom is -0.309 e. The summed E-state index contributed by atoms with van der Waals surface area (Å²) in [5, 5.41) is 14.6. The molecule has 6 heteroatoms. The summed E-state index contributed by atoms with van der Waals surface area (Å²) in [6.45, 7) is 4.78. The molecule has 0 radical (unpaired) electrons. The zero-order valence-corrected chi connectivity index (χ0v) is 30.9. The van der Waals surface area contributed by atoms with Crippen LogP contribution in [-0.4, -0.2) is 19.5 Å². The molecule has 258 valence electrons. The Morgan fingerprint density at radius 1 is 0.582 bits per heavy atom. The first-order chi connectivity index (χ1) is 27.0. The van der Waals surface area contributed by atoms with E-state index >= 15 is 0 Å². The monoisotopic (exact) mass is 721 g/mol. The predicted octanol–water partition coefficient (Wildman–Crippen LogP) is 12.5. The highest BCUT2D eigenvalue weighted by Gasteiger charge is 2.40. The van der Waals surface area contributed by atoms with E-state index in [4.69, 9.17) is 15.0 Å². The third-order valence-electron chi connectivity index (χ3n) is 11.3. The highest BCUT2D eigenvalue weighted by atomic mass is 32.1. The van der Waals surface area contributed by atoms with Crippen LogP contribution in [0.25, 0.3) is 93.0 Å². The SMILES string of the molecule is CC1(C)c2ccccc2-c2c1c1c3ccccc3n(-c3ccc(-c4nc(-c5ccccc5)nc(-c5ccc(C#N)cc5)n4)cc3)c1c1c2sc2ccccc21. The molecule has 0 spiro atoms. The highest BCUT2D eigenvalue weighted by molar-refractivity contribution is 7.26. The minimum atomic E-state index is -0.185. The van der Waals surface area contributed by atoms with Crippen molar-refractivity contribution in [3.8, 4) is 57.0 Å². The van der Waals surface area contributed by atoms with Crippen LogP contribution in [-0.2, 0) is 5.41 Å². The summed E-state index contributed by atoms with van der Waals surface area (Å²) in [7, 11) is 0. The molecule has 1 aliphatic rings. The van der Waals surface area contributed by atoms with E-state index in [0.29, 0.717) is 23.0 Å². The van der Waals surface area contributed by atoms with E-state index in [2.05, 4.69) is 122 Å². The lowest BCUT2D eigenvalue weighted by Gasteiger charge is -2.23. The Morgan fingerprint density at radius 2 is 1.16 bits per heavy atom. The van der Waals surface area contributed by atoms with Crippen LogP contribution < -0.4 is 0 Å². The lowest BCUT2D eigenvalue weighted by Crippen LogP contribution is -2.15. The molecule has 3 aromatic heterocycles. The van der Waals surface area contributed by atoms with Crippen molar-refractivity contribution in [2.75, 3.05) is 0 Å². The van der Waals surface area contributed by atoms with Gasteiger partial charge in [-0.2, -0.15) is 5.26 Å². The first-order valence-electron chi connectivity index (χ1n) is 18.4. The number of benzene rings is 7. The van der Waals surface area contributed by atoms with Gasteiger partial charge in [0.25, 0.3) is 0 Å². The zero-order chi connectivity index (χ0) is 36.8. The Kier molecular flexibility index (Phi) is 6.76. The van der Waals surface area contributed by atoms with Crippen molar-refractivity contribution >= 4 is 53.3 Å². The number of rotatable bonds is 4. The fourth-order valence-corrected chi connectivity index (χ4v) is 10.0. The van der Waals surface area contributed by atoms with Crippen molar-refractivity contribution in [3.63, 3.8) is 0 Å². The second kappa shape index (κ2) is 11.8. The molecule has 0 amide bonds. The first kappa shape index (κ1) is 31.6. The molecule has 55 heavy (non-hydrogen) atoms. The summed E-state index contributed by atoms with van der Waals surface area (Å²) in [5.74, 6) is 1.75. The number of thiophene rings is 1. The molecule has 0 unspecified atom stereocenters. The molecule has 11 rings (SSSR count). The van der Waals surface area contributed by atoms with Crippen molar-refractivity contribution < 1.29 is 0 Å². The summed E-state index contributed by atoms with van der Waals surface area (Å²) >= 11 is 1.91. The van der Waals surface area contributed by atoms with Gasteiger partial charge in [-0.15, -0.1) is 11.3 Å². The number of para-hydroxylation sites is 1. The van der Waals surface area contributed by atoms with Gasteiger partial charge in [0.15, 0.2) is 17.5 Å². The Bertz CT molecular complexity index is 3220. The Labute approximate surface area is 321 Å². The largest absolute Gasteiger partial charge is 0.309 e. The quantitative estimate of drug-likeness (QED) is 0.181. The van der Waals surface area contributed by atoms with Gasteiger partial charge in [0.05, 0.1) is 22.7 Å². The molecule has 5 nitrogen and oxygen atoms in total. The molecule has 3 heterocycles. The summed E-state index contributed by atoms with van der Waals surface area (Å²) in [6, 6.07) is 54.9. The Morgan fingerprint density at radius 3 is 1.87 bits per heavy atom. The molecule has 0 saturated heterocycles. The van der Waals surface area contributed by atoms with Crippen molar-refractivity contribution in [3.05, 3.63) is 168 Å². The third-order valence-corrected chi connectivity index (χ3v) is 12.4. The van der Waals surface area contributed by atoms with Crippen LogP contribution in [0.3, 0.4) is 0 Å². The predicted molar refractivity (Wildman–Crippen MR) is 226 cm³/mol. The number of aromatic nitrogens is 4. The van der Waals surface area contributed by atoms with Crippen molar-refractivity contribution in [2.45, 2.75) is 19.3 Å². The van der Waals surface area contributed by atoms with Crippen molar-refractivity contribution in [1.29, 1.82) is 5.26 Å². The molecule has 10 aromatic rings. The van der Waals surface area contributed by atoms with Gasteiger partial charge in [0.1, 0.15) is 0 Å². The summed E-state index contributed by atoms with van der Waals surface area (Å²) in [4.78, 5) is 14.8. The van der Waals surface area contributed by atoms with E-state index in [-0.39, 0.29) is 5.41 Å². The van der Waals surface area contributed by atoms with Gasteiger partial charge < -0.3 is 4.57 Å². The van der Waals surface area contributed by atoms with E-state index in [1.165, 1.54) is 64.2 Å². The van der Waals surface area contributed by atoms with Crippen LogP contribution in [0.4, 0.5) is 0 Å². The van der Waals surface area contributed by atoms with Crippen LogP contribution >= 0.6 is 11.3 Å². The first-order valence-corrected chi connectivity index (χ1v) is 19.2. The number of nitrogens with zero attached hydrogens (tertiary/aromatic N) is 5. The number of nitriles is 1. The molecular formula is C49H31N5S. The molecule has 0 N–H and O–H groups in total. The maximum absolute atomic E-state index is 9.39. The highest BCUT2D eigenvalue weighted by Crippen LogP contribution is 2.58. The number of hydrogen-bond acceptors (Lipinski definition) is 5. The maximum Gasteiger partial charge on any atom is 0.164 e. The number of fused-ring (bicyclic) bond motifs is 12. The number of hydrogen-bond donors (Lipinski definition) is 0. The van der Waals surface area contributed by atoms with Gasteiger partial charge >= 0.3 is 0 Å².